The Labute approximate surface area is 66.4 Å². The summed E-state index contributed by atoms with van der Waals surface area (Å²) >= 11 is 0. The molecule has 0 atom stereocenters. The zero-order valence-corrected chi connectivity index (χ0v) is 7.10. The first-order valence-electron chi connectivity index (χ1n) is 3.60. The van der Waals surface area contributed by atoms with Crippen molar-refractivity contribution in [3.63, 3.8) is 0 Å². The highest BCUT2D eigenvalue weighted by Crippen LogP contribution is 2.01. The smallest absolute Gasteiger partial charge is 0.232 e. The van der Waals surface area contributed by atoms with E-state index in [1.807, 2.05) is 0 Å². The molecule has 4 heteroatoms. The van der Waals surface area contributed by atoms with Crippen molar-refractivity contribution in [3.05, 3.63) is 0 Å². The fourth-order valence-corrected chi connectivity index (χ4v) is 0.838. The van der Waals surface area contributed by atoms with Gasteiger partial charge >= 0.3 is 0 Å². The van der Waals surface area contributed by atoms with Crippen molar-refractivity contribution in [1.82, 2.24) is 10.6 Å². The molecule has 0 fully saturated rings. The van der Waals surface area contributed by atoms with Gasteiger partial charge in [0, 0.05) is 14.1 Å². The minimum absolute atomic E-state index is 0.230. The second-order valence-corrected chi connectivity index (χ2v) is 2.19. The zero-order chi connectivity index (χ0) is 8.85. The third-order valence-electron chi connectivity index (χ3n) is 1.53. The lowest BCUT2D eigenvalue weighted by atomic mass is 10.1. The van der Waals surface area contributed by atoms with Crippen LogP contribution in [-0.2, 0) is 9.59 Å². The molecule has 2 N–H and O–H groups in total. The maximum atomic E-state index is 11.0. The molecular weight excluding hydrogens is 144 g/mol. The summed E-state index contributed by atoms with van der Waals surface area (Å²) in [5.74, 6) is -1.01. The monoisotopic (exact) mass is 158 g/mol. The van der Waals surface area contributed by atoms with Crippen molar-refractivity contribution in [2.45, 2.75) is 13.3 Å². The van der Waals surface area contributed by atoms with E-state index in [1.54, 1.807) is 6.92 Å². The van der Waals surface area contributed by atoms with Crippen LogP contribution in [0.4, 0.5) is 0 Å². The van der Waals surface area contributed by atoms with E-state index in [9.17, 15) is 9.59 Å². The fourth-order valence-electron chi connectivity index (χ4n) is 0.838. The highest BCUT2D eigenvalue weighted by atomic mass is 16.2. The molecule has 0 unspecified atom stereocenters. The van der Waals surface area contributed by atoms with Crippen LogP contribution in [-0.4, -0.2) is 25.9 Å². The lowest BCUT2D eigenvalue weighted by Crippen LogP contribution is -2.38. The molecule has 0 aliphatic rings. The van der Waals surface area contributed by atoms with Crippen LogP contribution in [0.15, 0.2) is 0 Å². The Hall–Kier alpha value is -1.06. The van der Waals surface area contributed by atoms with Gasteiger partial charge in [0.1, 0.15) is 5.92 Å². The van der Waals surface area contributed by atoms with Gasteiger partial charge in [0.2, 0.25) is 11.8 Å². The summed E-state index contributed by atoms with van der Waals surface area (Å²) in [4.78, 5) is 21.9. The summed E-state index contributed by atoms with van der Waals surface area (Å²) in [6, 6.07) is 0. The summed E-state index contributed by atoms with van der Waals surface area (Å²) in [6.45, 7) is 1.80. The first kappa shape index (κ1) is 9.94. The summed E-state index contributed by atoms with van der Waals surface area (Å²) in [6.07, 6.45) is 0.527. The SMILES string of the molecule is CCC(C(=O)NC)C(=O)NC. The molecule has 0 saturated heterocycles. The number of hydrogen-bond donors (Lipinski definition) is 2. The Kier molecular flexibility index (Phi) is 4.26. The fraction of sp³-hybridized carbons (Fsp3) is 0.714. The van der Waals surface area contributed by atoms with Crippen molar-refractivity contribution in [1.29, 1.82) is 0 Å². The maximum absolute atomic E-state index is 11.0. The lowest BCUT2D eigenvalue weighted by molar-refractivity contribution is -0.134. The van der Waals surface area contributed by atoms with E-state index < -0.39 is 5.92 Å². The van der Waals surface area contributed by atoms with Gasteiger partial charge in [0.15, 0.2) is 0 Å². The molecule has 64 valence electrons. The average molecular weight is 158 g/mol. The van der Waals surface area contributed by atoms with Gasteiger partial charge in [-0.15, -0.1) is 0 Å². The van der Waals surface area contributed by atoms with Gasteiger partial charge < -0.3 is 10.6 Å². The predicted molar refractivity (Wildman–Crippen MR) is 41.9 cm³/mol. The second kappa shape index (κ2) is 4.71. The van der Waals surface area contributed by atoms with Gasteiger partial charge in [-0.2, -0.15) is 0 Å². The maximum Gasteiger partial charge on any atom is 0.232 e. The molecule has 4 nitrogen and oxygen atoms in total. The van der Waals surface area contributed by atoms with Crippen molar-refractivity contribution >= 4 is 11.8 Å². The van der Waals surface area contributed by atoms with Crippen LogP contribution in [0.2, 0.25) is 0 Å². The topological polar surface area (TPSA) is 58.2 Å². The van der Waals surface area contributed by atoms with Crippen molar-refractivity contribution in [3.8, 4) is 0 Å². The van der Waals surface area contributed by atoms with Crippen molar-refractivity contribution < 1.29 is 9.59 Å². The molecule has 0 aliphatic heterocycles. The Morgan fingerprint density at radius 3 is 1.73 bits per heavy atom. The number of nitrogens with one attached hydrogen (secondary N) is 2. The van der Waals surface area contributed by atoms with Crippen LogP contribution in [0.25, 0.3) is 0 Å². The zero-order valence-electron chi connectivity index (χ0n) is 7.10. The van der Waals surface area contributed by atoms with E-state index in [1.165, 1.54) is 14.1 Å². The van der Waals surface area contributed by atoms with E-state index in [4.69, 9.17) is 0 Å². The molecular formula is C7H14N2O2. The standard InChI is InChI=1S/C7H14N2O2/c1-4-5(6(10)8-2)7(11)9-3/h5H,4H2,1-3H3,(H,8,10)(H,9,11). The molecule has 0 radical (unpaired) electrons. The number of rotatable bonds is 3. The molecule has 0 saturated carbocycles. The third-order valence-corrected chi connectivity index (χ3v) is 1.53. The molecule has 0 spiro atoms. The Morgan fingerprint density at radius 2 is 1.55 bits per heavy atom. The van der Waals surface area contributed by atoms with Crippen LogP contribution in [0.5, 0.6) is 0 Å². The van der Waals surface area contributed by atoms with E-state index in [0.29, 0.717) is 6.42 Å². The molecule has 11 heavy (non-hydrogen) atoms. The largest absolute Gasteiger partial charge is 0.358 e. The molecule has 0 aromatic heterocycles. The molecule has 2 amide bonds. The minimum Gasteiger partial charge on any atom is -0.358 e. The quantitative estimate of drug-likeness (QED) is 0.544. The first-order valence-corrected chi connectivity index (χ1v) is 3.60. The minimum atomic E-state index is -0.551. The first-order chi connectivity index (χ1) is 5.17. The van der Waals surface area contributed by atoms with Crippen LogP contribution in [0.1, 0.15) is 13.3 Å². The summed E-state index contributed by atoms with van der Waals surface area (Å²) in [7, 11) is 3.04. The van der Waals surface area contributed by atoms with E-state index in [-0.39, 0.29) is 11.8 Å². The summed E-state index contributed by atoms with van der Waals surface area (Å²) in [5, 5.41) is 4.86. The van der Waals surface area contributed by atoms with Crippen LogP contribution < -0.4 is 10.6 Å². The van der Waals surface area contributed by atoms with Gasteiger partial charge in [-0.25, -0.2) is 0 Å². The van der Waals surface area contributed by atoms with Crippen LogP contribution in [0, 0.1) is 5.92 Å². The number of amides is 2. The van der Waals surface area contributed by atoms with Gasteiger partial charge in [0.05, 0.1) is 0 Å². The van der Waals surface area contributed by atoms with Gasteiger partial charge in [-0.05, 0) is 6.42 Å². The molecule has 0 aromatic carbocycles. The second-order valence-electron chi connectivity index (χ2n) is 2.19. The van der Waals surface area contributed by atoms with E-state index >= 15 is 0 Å². The number of carbonyl (C=O) groups excluding carboxylic acids is 2. The highest BCUT2D eigenvalue weighted by Gasteiger charge is 2.21. The highest BCUT2D eigenvalue weighted by molar-refractivity contribution is 5.99. The third kappa shape index (κ3) is 2.57. The molecule has 0 bridgehead atoms. The van der Waals surface area contributed by atoms with Crippen LogP contribution in [0.3, 0.4) is 0 Å². The van der Waals surface area contributed by atoms with Gasteiger partial charge in [-0.1, -0.05) is 6.92 Å². The predicted octanol–water partition coefficient (Wildman–Crippen LogP) is -0.495. The molecule has 0 rings (SSSR count). The molecule has 0 aliphatic carbocycles. The summed E-state index contributed by atoms with van der Waals surface area (Å²) in [5.41, 5.74) is 0. The average Bonchev–Trinajstić information content (AvgIpc) is 2.05. The Morgan fingerprint density at radius 1 is 1.18 bits per heavy atom. The Balaban J connectivity index is 4.15. The molecule has 0 heterocycles. The lowest BCUT2D eigenvalue weighted by Gasteiger charge is -2.10. The van der Waals surface area contributed by atoms with Crippen molar-refractivity contribution in [2.24, 2.45) is 5.92 Å². The van der Waals surface area contributed by atoms with Gasteiger partial charge in [-0.3, -0.25) is 9.59 Å². The Bertz CT molecular complexity index is 141. The number of carbonyl (C=O) groups is 2. The molecule has 0 aromatic rings. The van der Waals surface area contributed by atoms with E-state index in [2.05, 4.69) is 10.6 Å². The summed E-state index contributed by atoms with van der Waals surface area (Å²) < 4.78 is 0. The number of hydrogen-bond acceptors (Lipinski definition) is 2. The van der Waals surface area contributed by atoms with E-state index in [0.717, 1.165) is 0 Å². The normalized spacial score (nSPS) is 9.45. The van der Waals surface area contributed by atoms with Gasteiger partial charge in [0.25, 0.3) is 0 Å². The van der Waals surface area contributed by atoms with Crippen molar-refractivity contribution in [2.75, 3.05) is 14.1 Å². The van der Waals surface area contributed by atoms with Crippen LogP contribution >= 0.6 is 0 Å².